The van der Waals surface area contributed by atoms with E-state index in [4.69, 9.17) is 19.4 Å². The summed E-state index contributed by atoms with van der Waals surface area (Å²) in [6.45, 7) is 21.9. The summed E-state index contributed by atoms with van der Waals surface area (Å²) >= 11 is -1.91. The van der Waals surface area contributed by atoms with E-state index in [1.807, 2.05) is 0 Å². The van der Waals surface area contributed by atoms with Crippen LogP contribution in [0.1, 0.15) is 50.1 Å². The summed E-state index contributed by atoms with van der Waals surface area (Å²) in [5.41, 5.74) is 17.1. The molecule has 1 saturated heterocycles. The van der Waals surface area contributed by atoms with Gasteiger partial charge in [-0.25, -0.2) is 0 Å². The van der Waals surface area contributed by atoms with E-state index >= 15 is 0 Å². The van der Waals surface area contributed by atoms with Gasteiger partial charge in [0.25, 0.3) is 0 Å². The van der Waals surface area contributed by atoms with Crippen molar-refractivity contribution >= 4 is 56.9 Å². The van der Waals surface area contributed by atoms with Crippen LogP contribution in [0.2, 0.25) is 0 Å². The van der Waals surface area contributed by atoms with Gasteiger partial charge in [0.05, 0.1) is 0 Å². The summed E-state index contributed by atoms with van der Waals surface area (Å²) in [4.78, 5) is 4.81. The van der Waals surface area contributed by atoms with Crippen LogP contribution in [0.25, 0.3) is 32.7 Å². The van der Waals surface area contributed by atoms with Gasteiger partial charge in [-0.15, -0.1) is 0 Å². The Morgan fingerprint density at radius 2 is 1.02 bits per heavy atom. The van der Waals surface area contributed by atoms with Crippen LogP contribution in [0.3, 0.4) is 0 Å². The topological polar surface area (TPSA) is 6.48 Å². The molecule has 1 aliphatic heterocycles. The Kier molecular flexibility index (Phi) is 10.7. The van der Waals surface area contributed by atoms with Crippen molar-refractivity contribution in [2.24, 2.45) is 0 Å². The fourth-order valence-corrected chi connectivity index (χ4v) is 9.70. The van der Waals surface area contributed by atoms with E-state index in [1.165, 1.54) is 88.6 Å². The molecule has 0 radical (unpaired) electrons. The third-order valence-corrected chi connectivity index (χ3v) is 11.5. The van der Waals surface area contributed by atoms with Gasteiger partial charge in [-0.05, 0) is 63.8 Å². The molecular weight excluding hydrogens is 728 g/mol. The fraction of sp³-hybridized carbons (Fsp3) is 0.227. The summed E-state index contributed by atoms with van der Waals surface area (Å²) in [7, 11) is 12.4. The van der Waals surface area contributed by atoms with Crippen molar-refractivity contribution in [2.45, 2.75) is 55.4 Å². The van der Waals surface area contributed by atoms with Crippen LogP contribution in [-0.4, -0.2) is 17.7 Å². The summed E-state index contributed by atoms with van der Waals surface area (Å²) in [5.74, 6) is 0. The molecule has 6 aromatic rings. The van der Waals surface area contributed by atoms with Crippen molar-refractivity contribution < 1.29 is 13.5 Å². The number of halogens is 2. The zero-order chi connectivity index (χ0) is 35.0. The standard InChI is InChI=1S/C23H18.C21H27N2.2ClH.Ru/c1-15-12-13-18-8-4-6-10-20(18)22(15)23-17(3)16(2)14-19-9-5-7-11-21(19)23;1-14-9-16(3)20(17(4)10-14)22-7-8-23(13-22)21-18(5)11-15(2)12-19(21)6;;;/h2,4-14H,1,3H3;9-13H,7-8H2,1-6H3;2*1H;/q;-1;;;+2/p-2. The van der Waals surface area contributed by atoms with Crippen LogP contribution in [-0.2, 0) is 13.5 Å². The first-order valence-electron chi connectivity index (χ1n) is 16.8. The molecule has 1 aliphatic rings. The van der Waals surface area contributed by atoms with E-state index in [-0.39, 0.29) is 0 Å². The van der Waals surface area contributed by atoms with E-state index in [9.17, 15) is 0 Å². The normalized spacial score (nSPS) is 13.1. The van der Waals surface area contributed by atoms with Crippen LogP contribution >= 0.6 is 19.4 Å². The Bertz CT molecular complexity index is 2120. The number of hydrogen-bond donors (Lipinski definition) is 0. The molecule has 0 bridgehead atoms. The number of anilines is 2. The number of benzene rings is 6. The fourth-order valence-electron chi connectivity index (χ4n) is 7.79. The number of aryl methyl sites for hydroxylation is 7. The molecule has 49 heavy (non-hydrogen) atoms. The second kappa shape index (κ2) is 14.8. The van der Waals surface area contributed by atoms with Crippen molar-refractivity contribution in [3.8, 4) is 11.1 Å². The number of rotatable bonds is 4. The Balaban J connectivity index is 0.000000171. The van der Waals surface area contributed by atoms with Crippen LogP contribution in [0.5, 0.6) is 0 Å². The van der Waals surface area contributed by atoms with Crippen molar-refractivity contribution in [1.82, 2.24) is 0 Å². The predicted octanol–water partition coefficient (Wildman–Crippen LogP) is 12.3. The minimum atomic E-state index is -1.91. The molecule has 6 aromatic carbocycles. The van der Waals surface area contributed by atoms with Crippen molar-refractivity contribution in [3.63, 3.8) is 0 Å². The first-order chi connectivity index (χ1) is 23.4. The van der Waals surface area contributed by atoms with Crippen molar-refractivity contribution in [1.29, 1.82) is 0 Å². The molecule has 0 aromatic heterocycles. The second-order valence-corrected chi connectivity index (χ2v) is 19.2. The van der Waals surface area contributed by atoms with Gasteiger partial charge in [-0.1, -0.05) is 35.4 Å². The minimum absolute atomic E-state index is 1.04. The van der Waals surface area contributed by atoms with E-state index < -0.39 is 13.5 Å². The Morgan fingerprint density at radius 3 is 1.53 bits per heavy atom. The molecule has 7 rings (SSSR count). The van der Waals surface area contributed by atoms with E-state index in [0.717, 1.165) is 18.7 Å². The molecule has 254 valence electrons. The quantitative estimate of drug-likeness (QED) is 0.130. The van der Waals surface area contributed by atoms with E-state index in [2.05, 4.69) is 167 Å². The Morgan fingerprint density at radius 1 is 0.551 bits per heavy atom. The van der Waals surface area contributed by atoms with Gasteiger partial charge in [0, 0.05) is 24.5 Å². The summed E-state index contributed by atoms with van der Waals surface area (Å²) in [6.07, 6.45) is 0. The van der Waals surface area contributed by atoms with Gasteiger partial charge >= 0.3 is 167 Å². The van der Waals surface area contributed by atoms with Gasteiger partial charge in [0.1, 0.15) is 0 Å². The number of nitrogens with zero attached hydrogens (tertiary/aromatic N) is 2. The number of fused-ring (bicyclic) bond motifs is 2. The van der Waals surface area contributed by atoms with Crippen molar-refractivity contribution in [3.05, 3.63) is 148 Å². The maximum atomic E-state index is 6.21. The van der Waals surface area contributed by atoms with Crippen LogP contribution in [0, 0.1) is 62.1 Å². The molecule has 0 N–H and O–H groups in total. The third-order valence-electron chi connectivity index (χ3n) is 9.63. The average molecular weight is 774 g/mol. The molecule has 0 spiro atoms. The zero-order valence-corrected chi connectivity index (χ0v) is 33.0. The van der Waals surface area contributed by atoms with Gasteiger partial charge in [-0.3, -0.25) is 0 Å². The maximum absolute atomic E-state index is 6.21. The van der Waals surface area contributed by atoms with E-state index in [0.29, 0.717) is 0 Å². The first-order valence-corrected chi connectivity index (χ1v) is 22.3. The van der Waals surface area contributed by atoms with E-state index in [1.54, 1.807) is 0 Å². The molecular formula is C44H45Cl2N2Ru-. The van der Waals surface area contributed by atoms with Gasteiger partial charge in [0.2, 0.25) is 0 Å². The summed E-state index contributed by atoms with van der Waals surface area (Å²) in [6, 6.07) is 32.9. The van der Waals surface area contributed by atoms with Gasteiger partial charge in [-0.2, -0.15) is 6.67 Å². The molecule has 0 saturated carbocycles. The van der Waals surface area contributed by atoms with Gasteiger partial charge in [0.15, 0.2) is 0 Å². The Labute approximate surface area is 305 Å². The summed E-state index contributed by atoms with van der Waals surface area (Å²) < 4.78 is 2.05. The molecule has 2 nitrogen and oxygen atoms in total. The van der Waals surface area contributed by atoms with Crippen LogP contribution < -0.4 is 9.80 Å². The number of hydrogen-bond acceptors (Lipinski definition) is 2. The monoisotopic (exact) mass is 773 g/mol. The molecule has 0 unspecified atom stereocenters. The SMILES string of the molecule is Cc1cc(C)c(N2[CH-]N(c3c(C)cc(C)cc3C)CC2)c(C)c1.Cc1ccc2ccccc2c1-c1c(C)c([CH]=[Ru]([Cl])[Cl])cc2ccccc12. The van der Waals surface area contributed by atoms with Crippen molar-refractivity contribution in [2.75, 3.05) is 22.9 Å². The molecule has 1 heterocycles. The first kappa shape index (κ1) is 35.3. The zero-order valence-electron chi connectivity index (χ0n) is 29.7. The molecule has 0 atom stereocenters. The van der Waals surface area contributed by atoms with Gasteiger partial charge < -0.3 is 9.80 Å². The molecule has 5 heteroatoms. The molecule has 0 amide bonds. The predicted molar refractivity (Wildman–Crippen MR) is 214 cm³/mol. The second-order valence-electron chi connectivity index (χ2n) is 13.5. The third kappa shape index (κ3) is 7.37. The van der Waals surface area contributed by atoms with Crippen LogP contribution in [0.15, 0.2) is 91.0 Å². The summed E-state index contributed by atoms with van der Waals surface area (Å²) in [5, 5.41) is 5.02. The Hall–Kier alpha value is -3.49. The molecule has 0 aliphatic carbocycles. The molecule has 1 fully saturated rings. The van der Waals surface area contributed by atoms with Crippen LogP contribution in [0.4, 0.5) is 11.4 Å². The average Bonchev–Trinajstić information content (AvgIpc) is 3.50.